The van der Waals surface area contributed by atoms with E-state index in [1.807, 2.05) is 0 Å². The molecule has 0 aromatic rings. The standard InChI is InChI=1S/C11H18N4O6/c1-5(16)13-3-7-9(18)10(19)8(4-14-15-12)21-11(7)20-6(2)17/h7-11,18-19H,3-4H2,1-2H3,(H,13,16)/t7-,8-,9-,10+,11?/m1/s1. The van der Waals surface area contributed by atoms with Crippen LogP contribution in [0.15, 0.2) is 5.11 Å². The maximum absolute atomic E-state index is 11.1. The van der Waals surface area contributed by atoms with E-state index in [1.165, 1.54) is 13.8 Å². The third kappa shape index (κ3) is 4.87. The number of azide groups is 1. The molecule has 0 aliphatic carbocycles. The van der Waals surface area contributed by atoms with E-state index in [1.54, 1.807) is 0 Å². The number of carbonyl (C=O) groups excluding carboxylic acids is 2. The molecule has 1 aliphatic heterocycles. The summed E-state index contributed by atoms with van der Waals surface area (Å²) in [5.74, 6) is -1.82. The van der Waals surface area contributed by atoms with Crippen LogP contribution >= 0.6 is 0 Å². The summed E-state index contributed by atoms with van der Waals surface area (Å²) in [7, 11) is 0. The molecule has 118 valence electrons. The number of carbonyl (C=O) groups is 2. The van der Waals surface area contributed by atoms with Gasteiger partial charge in [-0.05, 0) is 5.53 Å². The average Bonchev–Trinajstić information content (AvgIpc) is 2.39. The van der Waals surface area contributed by atoms with Crippen molar-refractivity contribution in [2.75, 3.05) is 13.1 Å². The molecule has 1 heterocycles. The smallest absolute Gasteiger partial charge is 0.304 e. The molecule has 1 saturated heterocycles. The summed E-state index contributed by atoms with van der Waals surface area (Å²) in [6, 6.07) is 0. The number of aliphatic hydroxyl groups is 2. The van der Waals surface area contributed by atoms with Crippen molar-refractivity contribution in [1.82, 2.24) is 5.32 Å². The van der Waals surface area contributed by atoms with Gasteiger partial charge in [-0.3, -0.25) is 9.59 Å². The molecule has 1 aliphatic rings. The highest BCUT2D eigenvalue weighted by Crippen LogP contribution is 2.27. The van der Waals surface area contributed by atoms with E-state index in [0.29, 0.717) is 0 Å². The van der Waals surface area contributed by atoms with Gasteiger partial charge in [0, 0.05) is 25.3 Å². The number of aliphatic hydroxyl groups excluding tert-OH is 2. The lowest BCUT2D eigenvalue weighted by Crippen LogP contribution is -2.58. The van der Waals surface area contributed by atoms with E-state index in [0.717, 1.165) is 0 Å². The van der Waals surface area contributed by atoms with Crippen LogP contribution < -0.4 is 5.32 Å². The summed E-state index contributed by atoms with van der Waals surface area (Å²) in [6.45, 7) is 2.19. The molecule has 3 N–H and O–H groups in total. The van der Waals surface area contributed by atoms with Crippen LogP contribution in [-0.4, -0.2) is 59.8 Å². The van der Waals surface area contributed by atoms with E-state index >= 15 is 0 Å². The van der Waals surface area contributed by atoms with Crippen molar-refractivity contribution in [2.24, 2.45) is 11.0 Å². The Kier molecular flexibility index (Phi) is 6.38. The first-order chi connectivity index (χ1) is 9.86. The van der Waals surface area contributed by atoms with Crippen molar-refractivity contribution < 1.29 is 29.3 Å². The van der Waals surface area contributed by atoms with E-state index < -0.39 is 36.5 Å². The Bertz CT molecular complexity index is 438. The number of rotatable bonds is 5. The fraction of sp³-hybridized carbons (Fsp3) is 0.818. The van der Waals surface area contributed by atoms with Gasteiger partial charge in [0.1, 0.15) is 6.10 Å². The van der Waals surface area contributed by atoms with Crippen LogP contribution in [0.3, 0.4) is 0 Å². The minimum atomic E-state index is -1.33. The molecule has 0 spiro atoms. The Hall–Kier alpha value is -1.87. The molecule has 0 radical (unpaired) electrons. The van der Waals surface area contributed by atoms with Crippen LogP contribution in [0.2, 0.25) is 0 Å². The Labute approximate surface area is 120 Å². The second-order valence-electron chi connectivity index (χ2n) is 4.65. The van der Waals surface area contributed by atoms with Crippen LogP contribution in [0, 0.1) is 5.92 Å². The lowest BCUT2D eigenvalue weighted by atomic mass is 9.90. The van der Waals surface area contributed by atoms with Crippen LogP contribution in [0.25, 0.3) is 10.4 Å². The van der Waals surface area contributed by atoms with Crippen molar-refractivity contribution in [3.8, 4) is 0 Å². The number of hydrogen-bond acceptors (Lipinski definition) is 7. The Balaban J connectivity index is 2.85. The molecule has 5 atom stereocenters. The van der Waals surface area contributed by atoms with Gasteiger partial charge in [0.25, 0.3) is 0 Å². The first kappa shape index (κ1) is 17.2. The molecule has 1 rings (SSSR count). The number of nitrogens with zero attached hydrogens (tertiary/aromatic N) is 3. The first-order valence-electron chi connectivity index (χ1n) is 6.31. The van der Waals surface area contributed by atoms with Gasteiger partial charge in [-0.25, -0.2) is 0 Å². The van der Waals surface area contributed by atoms with Gasteiger partial charge >= 0.3 is 5.97 Å². The van der Waals surface area contributed by atoms with Crippen LogP contribution in [-0.2, 0) is 19.1 Å². The third-order valence-electron chi connectivity index (χ3n) is 3.02. The van der Waals surface area contributed by atoms with Gasteiger partial charge in [0.15, 0.2) is 0 Å². The molecule has 10 heteroatoms. The summed E-state index contributed by atoms with van der Waals surface area (Å²) in [5.41, 5.74) is 8.28. The lowest BCUT2D eigenvalue weighted by molar-refractivity contribution is -0.268. The van der Waals surface area contributed by atoms with E-state index in [4.69, 9.17) is 15.0 Å². The molecule has 0 saturated carbocycles. The second-order valence-corrected chi connectivity index (χ2v) is 4.65. The molecule has 10 nitrogen and oxygen atoms in total. The van der Waals surface area contributed by atoms with Crippen molar-refractivity contribution in [1.29, 1.82) is 0 Å². The summed E-state index contributed by atoms with van der Waals surface area (Å²) in [6.07, 6.45) is -4.81. The molecule has 1 unspecified atom stereocenters. The number of nitrogens with one attached hydrogen (secondary N) is 1. The largest absolute Gasteiger partial charge is 0.435 e. The van der Waals surface area contributed by atoms with Gasteiger partial charge in [-0.2, -0.15) is 0 Å². The van der Waals surface area contributed by atoms with Gasteiger partial charge in [-0.15, -0.1) is 0 Å². The van der Waals surface area contributed by atoms with Gasteiger partial charge in [0.2, 0.25) is 12.2 Å². The maximum atomic E-state index is 11.1. The van der Waals surface area contributed by atoms with Crippen LogP contribution in [0.5, 0.6) is 0 Å². The fourth-order valence-electron chi connectivity index (χ4n) is 2.01. The highest BCUT2D eigenvalue weighted by molar-refractivity contribution is 5.72. The molecular formula is C11H18N4O6. The van der Waals surface area contributed by atoms with Gasteiger partial charge in [0.05, 0.1) is 24.7 Å². The number of esters is 1. The van der Waals surface area contributed by atoms with E-state index in [-0.39, 0.29) is 19.0 Å². The van der Waals surface area contributed by atoms with E-state index in [2.05, 4.69) is 15.3 Å². The van der Waals surface area contributed by atoms with Crippen LogP contribution in [0.4, 0.5) is 0 Å². The highest BCUT2D eigenvalue weighted by atomic mass is 16.7. The summed E-state index contributed by atoms with van der Waals surface area (Å²) in [5, 5.41) is 25.8. The zero-order chi connectivity index (χ0) is 16.0. The molecule has 1 fully saturated rings. The minimum Gasteiger partial charge on any atom is -0.435 e. The first-order valence-corrected chi connectivity index (χ1v) is 6.31. The van der Waals surface area contributed by atoms with Crippen molar-refractivity contribution in [3.63, 3.8) is 0 Å². The quantitative estimate of drug-likeness (QED) is 0.258. The highest BCUT2D eigenvalue weighted by Gasteiger charge is 2.45. The normalized spacial score (nSPS) is 31.9. The number of ether oxygens (including phenoxy) is 2. The van der Waals surface area contributed by atoms with Crippen LogP contribution in [0.1, 0.15) is 13.8 Å². The maximum Gasteiger partial charge on any atom is 0.304 e. The third-order valence-corrected chi connectivity index (χ3v) is 3.02. The molecule has 1 amide bonds. The van der Waals surface area contributed by atoms with Gasteiger partial charge in [-0.1, -0.05) is 5.11 Å². The van der Waals surface area contributed by atoms with Crippen molar-refractivity contribution >= 4 is 11.9 Å². The molecular weight excluding hydrogens is 284 g/mol. The summed E-state index contributed by atoms with van der Waals surface area (Å²) in [4.78, 5) is 24.6. The van der Waals surface area contributed by atoms with Crippen molar-refractivity contribution in [3.05, 3.63) is 10.4 Å². The number of hydrogen-bond donors (Lipinski definition) is 3. The fourth-order valence-corrected chi connectivity index (χ4v) is 2.01. The Morgan fingerprint density at radius 2 is 2.05 bits per heavy atom. The minimum absolute atomic E-state index is 0.0419. The summed E-state index contributed by atoms with van der Waals surface area (Å²) >= 11 is 0. The monoisotopic (exact) mass is 302 g/mol. The topological polar surface area (TPSA) is 154 Å². The second kappa shape index (κ2) is 7.79. The number of amides is 1. The average molecular weight is 302 g/mol. The predicted molar refractivity (Wildman–Crippen MR) is 68.6 cm³/mol. The SMILES string of the molecule is CC(=O)NC[C@H]1C(OC(C)=O)O[C@H](CN=[N+]=[N-])[C@H](O)[C@@H]1O. The Morgan fingerprint density at radius 1 is 1.38 bits per heavy atom. The molecule has 0 bridgehead atoms. The van der Waals surface area contributed by atoms with E-state index in [9.17, 15) is 19.8 Å². The predicted octanol–water partition coefficient (Wildman–Crippen LogP) is -0.941. The molecule has 0 aromatic heterocycles. The molecule has 21 heavy (non-hydrogen) atoms. The molecule has 0 aromatic carbocycles. The zero-order valence-corrected chi connectivity index (χ0v) is 11.7. The summed E-state index contributed by atoms with van der Waals surface area (Å²) < 4.78 is 10.3. The Morgan fingerprint density at radius 3 is 2.57 bits per heavy atom. The zero-order valence-electron chi connectivity index (χ0n) is 11.7. The van der Waals surface area contributed by atoms with Crippen molar-refractivity contribution in [2.45, 2.75) is 38.4 Å². The van der Waals surface area contributed by atoms with Gasteiger partial charge < -0.3 is 25.0 Å². The lowest BCUT2D eigenvalue weighted by Gasteiger charge is -2.41.